The molecule has 0 unspecified atom stereocenters. The molecule has 7 nitrogen and oxygen atoms in total. The van der Waals surface area contributed by atoms with Crippen LogP contribution in [0.4, 0.5) is 9.52 Å². The molecule has 1 N–H and O–H groups in total. The van der Waals surface area contributed by atoms with Crippen molar-refractivity contribution in [2.45, 2.75) is 6.92 Å². The largest absolute Gasteiger partial charge is 0.296 e. The molecule has 0 saturated heterocycles. The number of hydrogen-bond acceptors (Lipinski definition) is 6. The number of aromatic nitrogens is 5. The summed E-state index contributed by atoms with van der Waals surface area (Å²) in [5.41, 5.74) is 3.42. The van der Waals surface area contributed by atoms with E-state index in [-0.39, 0.29) is 11.5 Å². The van der Waals surface area contributed by atoms with Crippen LogP contribution in [0.25, 0.3) is 22.6 Å². The molecule has 0 saturated carbocycles. The number of carbonyl (C=O) groups is 1. The van der Waals surface area contributed by atoms with E-state index in [9.17, 15) is 9.18 Å². The first-order chi connectivity index (χ1) is 13.5. The van der Waals surface area contributed by atoms with E-state index >= 15 is 0 Å². The van der Waals surface area contributed by atoms with E-state index < -0.39 is 5.91 Å². The molecule has 3 aromatic heterocycles. The highest BCUT2D eigenvalue weighted by Crippen LogP contribution is 2.25. The molecule has 0 fully saturated rings. The molecule has 28 heavy (non-hydrogen) atoms. The Hall–Kier alpha value is -3.46. The molecular formula is C19H15FN6OS. The molecule has 4 aromatic rings. The van der Waals surface area contributed by atoms with Crippen molar-refractivity contribution in [3.8, 4) is 22.6 Å². The summed E-state index contributed by atoms with van der Waals surface area (Å²) in [6, 6.07) is 11.4. The van der Waals surface area contributed by atoms with Crippen molar-refractivity contribution in [2.24, 2.45) is 7.05 Å². The van der Waals surface area contributed by atoms with Crippen LogP contribution >= 0.6 is 11.3 Å². The Labute approximate surface area is 163 Å². The SMILES string of the molecule is Cc1cccc(-c2csc(NC(=O)c3nn(C)nc3-c3ccc(F)cc3)n2)n1. The lowest BCUT2D eigenvalue weighted by Crippen LogP contribution is -2.14. The van der Waals surface area contributed by atoms with E-state index in [4.69, 9.17) is 0 Å². The van der Waals surface area contributed by atoms with Crippen LogP contribution in [-0.4, -0.2) is 30.9 Å². The lowest BCUT2D eigenvalue weighted by molar-refractivity contribution is 0.102. The van der Waals surface area contributed by atoms with Gasteiger partial charge in [0.1, 0.15) is 17.2 Å². The molecule has 0 aliphatic rings. The third-order valence-electron chi connectivity index (χ3n) is 3.92. The fraction of sp³-hybridized carbons (Fsp3) is 0.105. The Morgan fingerprint density at radius 2 is 1.86 bits per heavy atom. The van der Waals surface area contributed by atoms with Crippen LogP contribution in [-0.2, 0) is 7.05 Å². The number of rotatable bonds is 4. The van der Waals surface area contributed by atoms with E-state index in [0.717, 1.165) is 11.4 Å². The lowest BCUT2D eigenvalue weighted by atomic mass is 10.1. The molecule has 0 spiro atoms. The summed E-state index contributed by atoms with van der Waals surface area (Å²) in [6.45, 7) is 1.91. The number of pyridine rings is 1. The van der Waals surface area contributed by atoms with E-state index in [0.29, 0.717) is 22.1 Å². The van der Waals surface area contributed by atoms with Crippen LogP contribution in [0.15, 0.2) is 47.8 Å². The zero-order chi connectivity index (χ0) is 19.7. The average molecular weight is 394 g/mol. The van der Waals surface area contributed by atoms with Gasteiger partial charge in [0.25, 0.3) is 5.91 Å². The van der Waals surface area contributed by atoms with Crippen molar-refractivity contribution in [2.75, 3.05) is 5.32 Å². The Kier molecular flexibility index (Phi) is 4.66. The van der Waals surface area contributed by atoms with Crippen LogP contribution in [0.3, 0.4) is 0 Å². The highest BCUT2D eigenvalue weighted by Gasteiger charge is 2.20. The second-order valence-electron chi connectivity index (χ2n) is 6.05. The molecule has 0 atom stereocenters. The number of benzene rings is 1. The van der Waals surface area contributed by atoms with Crippen molar-refractivity contribution in [1.82, 2.24) is 25.0 Å². The van der Waals surface area contributed by atoms with Gasteiger partial charge in [-0.15, -0.1) is 16.4 Å². The van der Waals surface area contributed by atoms with Crippen LogP contribution in [0.5, 0.6) is 0 Å². The Bertz CT molecular complexity index is 1150. The van der Waals surface area contributed by atoms with Gasteiger partial charge in [-0.25, -0.2) is 9.37 Å². The highest BCUT2D eigenvalue weighted by molar-refractivity contribution is 7.14. The van der Waals surface area contributed by atoms with Crippen molar-refractivity contribution >= 4 is 22.4 Å². The van der Waals surface area contributed by atoms with Crippen molar-refractivity contribution in [3.63, 3.8) is 0 Å². The summed E-state index contributed by atoms with van der Waals surface area (Å²) in [7, 11) is 1.62. The fourth-order valence-electron chi connectivity index (χ4n) is 2.65. The molecule has 140 valence electrons. The van der Waals surface area contributed by atoms with Crippen LogP contribution in [0, 0.1) is 12.7 Å². The van der Waals surface area contributed by atoms with E-state index in [1.807, 2.05) is 30.5 Å². The number of aryl methyl sites for hydroxylation is 2. The molecule has 1 aromatic carbocycles. The van der Waals surface area contributed by atoms with Gasteiger partial charge in [0, 0.05) is 23.7 Å². The molecule has 9 heteroatoms. The number of carbonyl (C=O) groups excluding carboxylic acids is 1. The number of nitrogens with one attached hydrogen (secondary N) is 1. The topological polar surface area (TPSA) is 85.6 Å². The molecule has 3 heterocycles. The summed E-state index contributed by atoms with van der Waals surface area (Å²) < 4.78 is 13.2. The highest BCUT2D eigenvalue weighted by atomic mass is 32.1. The van der Waals surface area contributed by atoms with Gasteiger partial charge < -0.3 is 0 Å². The maximum Gasteiger partial charge on any atom is 0.280 e. The maximum atomic E-state index is 13.2. The molecule has 1 amide bonds. The minimum absolute atomic E-state index is 0.138. The average Bonchev–Trinajstić information content (AvgIpc) is 3.29. The minimum atomic E-state index is -0.439. The number of thiazole rings is 1. The number of hydrogen-bond donors (Lipinski definition) is 1. The Balaban J connectivity index is 1.59. The number of nitrogens with zero attached hydrogens (tertiary/aromatic N) is 5. The predicted molar refractivity (Wildman–Crippen MR) is 104 cm³/mol. The molecular weight excluding hydrogens is 379 g/mol. The second kappa shape index (κ2) is 7.28. The van der Waals surface area contributed by atoms with E-state index in [1.54, 1.807) is 19.2 Å². The third kappa shape index (κ3) is 3.65. The first-order valence-corrected chi connectivity index (χ1v) is 9.26. The van der Waals surface area contributed by atoms with Gasteiger partial charge >= 0.3 is 0 Å². The number of anilines is 1. The summed E-state index contributed by atoms with van der Waals surface area (Å²) in [6.07, 6.45) is 0. The maximum absolute atomic E-state index is 13.2. The zero-order valence-electron chi connectivity index (χ0n) is 15.0. The fourth-order valence-corrected chi connectivity index (χ4v) is 3.35. The zero-order valence-corrected chi connectivity index (χ0v) is 15.9. The van der Waals surface area contributed by atoms with Gasteiger partial charge in [-0.3, -0.25) is 15.1 Å². The number of amides is 1. The normalized spacial score (nSPS) is 10.8. The van der Waals surface area contributed by atoms with Crippen molar-refractivity contribution in [1.29, 1.82) is 0 Å². The number of halogens is 1. The second-order valence-corrected chi connectivity index (χ2v) is 6.91. The van der Waals surface area contributed by atoms with Gasteiger partial charge in [-0.2, -0.15) is 9.90 Å². The predicted octanol–water partition coefficient (Wildman–Crippen LogP) is 3.70. The Morgan fingerprint density at radius 1 is 1.07 bits per heavy atom. The summed E-state index contributed by atoms with van der Waals surface area (Å²) in [5.74, 6) is -0.802. The minimum Gasteiger partial charge on any atom is -0.296 e. The smallest absolute Gasteiger partial charge is 0.280 e. The van der Waals surface area contributed by atoms with Gasteiger partial charge in [-0.1, -0.05) is 6.07 Å². The molecule has 0 bridgehead atoms. The Morgan fingerprint density at radius 3 is 2.61 bits per heavy atom. The summed E-state index contributed by atoms with van der Waals surface area (Å²) in [4.78, 5) is 22.9. The van der Waals surface area contributed by atoms with Gasteiger partial charge in [0.15, 0.2) is 10.8 Å². The summed E-state index contributed by atoms with van der Waals surface area (Å²) in [5, 5.41) is 13.4. The van der Waals surface area contributed by atoms with Gasteiger partial charge in [0.2, 0.25) is 0 Å². The molecule has 0 radical (unpaired) electrons. The van der Waals surface area contributed by atoms with Crippen LogP contribution in [0.1, 0.15) is 16.2 Å². The first kappa shape index (κ1) is 17.9. The van der Waals surface area contributed by atoms with Crippen molar-refractivity contribution in [3.05, 3.63) is 65.0 Å². The van der Waals surface area contributed by atoms with Gasteiger partial charge in [0.05, 0.1) is 5.69 Å². The standard InChI is InChI=1S/C19H15FN6OS/c1-11-4-3-5-14(21-11)15-10-28-19(22-15)23-18(27)17-16(24-26(2)25-17)12-6-8-13(20)9-7-12/h3-10H,1-2H3,(H,22,23,27). The molecule has 0 aliphatic carbocycles. The summed E-state index contributed by atoms with van der Waals surface area (Å²) >= 11 is 1.30. The molecule has 4 rings (SSSR count). The van der Waals surface area contributed by atoms with Crippen LogP contribution < -0.4 is 5.32 Å². The van der Waals surface area contributed by atoms with Crippen molar-refractivity contribution < 1.29 is 9.18 Å². The monoisotopic (exact) mass is 394 g/mol. The first-order valence-electron chi connectivity index (χ1n) is 8.38. The van der Waals surface area contributed by atoms with Crippen LogP contribution in [0.2, 0.25) is 0 Å². The van der Waals surface area contributed by atoms with E-state index in [2.05, 4.69) is 25.5 Å². The van der Waals surface area contributed by atoms with Gasteiger partial charge in [-0.05, 0) is 43.3 Å². The third-order valence-corrected chi connectivity index (χ3v) is 4.68. The van der Waals surface area contributed by atoms with E-state index in [1.165, 1.54) is 28.3 Å². The molecule has 0 aliphatic heterocycles. The lowest BCUT2D eigenvalue weighted by Gasteiger charge is -2.01. The quantitative estimate of drug-likeness (QED) is 0.570.